The molecule has 0 unspecified atom stereocenters. The number of hydrogen-bond donors (Lipinski definition) is 1. The van der Waals surface area contributed by atoms with Crippen LogP contribution in [-0.2, 0) is 9.59 Å². The quantitative estimate of drug-likeness (QED) is 0.710. The molecular formula is C11H22O3. The summed E-state index contributed by atoms with van der Waals surface area (Å²) in [6, 6.07) is 0. The molecule has 0 amide bonds. The maximum Gasteiger partial charge on any atom is 0.137 e. The van der Waals surface area contributed by atoms with Crippen LogP contribution < -0.4 is 0 Å². The van der Waals surface area contributed by atoms with Crippen molar-refractivity contribution in [3.8, 4) is 0 Å². The second-order valence-corrected chi connectivity index (χ2v) is 3.78. The van der Waals surface area contributed by atoms with E-state index in [1.807, 2.05) is 20.8 Å². The van der Waals surface area contributed by atoms with Crippen LogP contribution in [0.25, 0.3) is 0 Å². The smallest absolute Gasteiger partial charge is 0.137 e. The highest BCUT2D eigenvalue weighted by molar-refractivity contribution is 5.96. The Labute approximate surface area is 86.5 Å². The van der Waals surface area contributed by atoms with Crippen molar-refractivity contribution in [2.24, 2.45) is 0 Å². The standard InChI is InChI=1S/C6H14O.C5H8O2/c1-4-6(3,7)5-2;1-4(6)3-5(2)7/h7H,4-5H2,1-3H3;3H2,1-2H3. The molecule has 0 aromatic carbocycles. The van der Waals surface area contributed by atoms with Gasteiger partial charge >= 0.3 is 0 Å². The Bertz CT molecular complexity index is 165. The minimum absolute atomic E-state index is 0.0625. The third-order valence-electron chi connectivity index (χ3n) is 2.02. The molecule has 0 aromatic heterocycles. The first kappa shape index (κ1) is 15.8. The number of hydrogen-bond acceptors (Lipinski definition) is 3. The van der Waals surface area contributed by atoms with Crippen LogP contribution >= 0.6 is 0 Å². The fraction of sp³-hybridized carbons (Fsp3) is 0.818. The van der Waals surface area contributed by atoms with Crippen molar-refractivity contribution in [3.05, 3.63) is 0 Å². The third-order valence-corrected chi connectivity index (χ3v) is 2.02. The second-order valence-electron chi connectivity index (χ2n) is 3.78. The van der Waals surface area contributed by atoms with Gasteiger partial charge in [-0.2, -0.15) is 0 Å². The lowest BCUT2D eigenvalue weighted by Crippen LogP contribution is -2.20. The molecule has 0 fully saturated rings. The van der Waals surface area contributed by atoms with Crippen molar-refractivity contribution in [3.63, 3.8) is 0 Å². The Hall–Kier alpha value is -0.700. The number of aliphatic hydroxyl groups is 1. The summed E-state index contributed by atoms with van der Waals surface area (Å²) in [4.78, 5) is 20.1. The Morgan fingerprint density at radius 3 is 1.36 bits per heavy atom. The van der Waals surface area contributed by atoms with Crippen LogP contribution in [0.1, 0.15) is 53.9 Å². The molecule has 0 aliphatic carbocycles. The van der Waals surface area contributed by atoms with Gasteiger partial charge in [-0.1, -0.05) is 13.8 Å². The third kappa shape index (κ3) is 13.9. The van der Waals surface area contributed by atoms with Crippen molar-refractivity contribution in [1.82, 2.24) is 0 Å². The number of Topliss-reactive ketones (excluding diaryl/α,β-unsaturated/α-hetero) is 2. The van der Waals surface area contributed by atoms with E-state index in [0.717, 1.165) is 12.8 Å². The molecule has 0 bridgehead atoms. The second kappa shape index (κ2) is 7.68. The highest BCUT2D eigenvalue weighted by Gasteiger charge is 2.12. The lowest BCUT2D eigenvalue weighted by molar-refractivity contribution is -0.124. The fourth-order valence-corrected chi connectivity index (χ4v) is 0.601. The number of carbonyl (C=O) groups excluding carboxylic acids is 2. The first-order valence-corrected chi connectivity index (χ1v) is 4.96. The van der Waals surface area contributed by atoms with Gasteiger partial charge in [-0.3, -0.25) is 9.59 Å². The fourth-order valence-electron chi connectivity index (χ4n) is 0.601. The van der Waals surface area contributed by atoms with Crippen molar-refractivity contribution < 1.29 is 14.7 Å². The normalized spacial score (nSPS) is 10.1. The minimum Gasteiger partial charge on any atom is -0.390 e. The van der Waals surface area contributed by atoms with E-state index in [0.29, 0.717) is 0 Å². The van der Waals surface area contributed by atoms with Gasteiger partial charge in [0, 0.05) is 0 Å². The van der Waals surface area contributed by atoms with Crippen LogP contribution in [0.2, 0.25) is 0 Å². The maximum absolute atomic E-state index is 10.0. The van der Waals surface area contributed by atoms with Crippen molar-refractivity contribution in [2.45, 2.75) is 59.5 Å². The predicted octanol–water partition coefficient (Wildman–Crippen LogP) is 2.11. The lowest BCUT2D eigenvalue weighted by atomic mass is 10.0. The van der Waals surface area contributed by atoms with Crippen molar-refractivity contribution in [2.75, 3.05) is 0 Å². The molecule has 3 heteroatoms. The summed E-state index contributed by atoms with van der Waals surface area (Å²) in [5.74, 6) is -0.125. The summed E-state index contributed by atoms with van der Waals surface area (Å²) in [6.45, 7) is 8.64. The van der Waals surface area contributed by atoms with E-state index in [4.69, 9.17) is 5.11 Å². The van der Waals surface area contributed by atoms with Gasteiger partial charge in [-0.25, -0.2) is 0 Å². The van der Waals surface area contributed by atoms with Gasteiger partial charge in [0.05, 0.1) is 12.0 Å². The molecule has 0 aromatic rings. The summed E-state index contributed by atoms with van der Waals surface area (Å²) < 4.78 is 0. The first-order chi connectivity index (χ1) is 6.25. The Morgan fingerprint density at radius 2 is 1.36 bits per heavy atom. The Kier molecular flexibility index (Phi) is 8.65. The van der Waals surface area contributed by atoms with Gasteiger partial charge < -0.3 is 5.11 Å². The highest BCUT2D eigenvalue weighted by Crippen LogP contribution is 2.11. The van der Waals surface area contributed by atoms with Crippen molar-refractivity contribution in [1.29, 1.82) is 0 Å². The molecule has 0 saturated carbocycles. The summed E-state index contributed by atoms with van der Waals surface area (Å²) >= 11 is 0. The number of carbonyl (C=O) groups is 2. The van der Waals surface area contributed by atoms with Crippen LogP contribution in [-0.4, -0.2) is 22.3 Å². The summed E-state index contributed by atoms with van der Waals surface area (Å²) in [7, 11) is 0. The number of ketones is 2. The zero-order valence-corrected chi connectivity index (χ0v) is 9.89. The number of rotatable bonds is 4. The van der Waals surface area contributed by atoms with Gasteiger partial charge in [0.1, 0.15) is 11.6 Å². The summed E-state index contributed by atoms with van der Waals surface area (Å²) in [5, 5.41) is 9.13. The maximum atomic E-state index is 10.0. The van der Waals surface area contributed by atoms with E-state index in [-0.39, 0.29) is 18.0 Å². The molecule has 0 rings (SSSR count). The minimum atomic E-state index is -0.417. The molecule has 0 aliphatic heterocycles. The van der Waals surface area contributed by atoms with Gasteiger partial charge in [0.25, 0.3) is 0 Å². The molecule has 1 N–H and O–H groups in total. The highest BCUT2D eigenvalue weighted by atomic mass is 16.3. The van der Waals surface area contributed by atoms with Crippen LogP contribution in [0.15, 0.2) is 0 Å². The molecule has 0 saturated heterocycles. The van der Waals surface area contributed by atoms with Crippen LogP contribution in [0.5, 0.6) is 0 Å². The molecule has 0 heterocycles. The topological polar surface area (TPSA) is 54.4 Å². The van der Waals surface area contributed by atoms with E-state index in [9.17, 15) is 9.59 Å². The largest absolute Gasteiger partial charge is 0.390 e. The van der Waals surface area contributed by atoms with E-state index >= 15 is 0 Å². The summed E-state index contributed by atoms with van der Waals surface area (Å²) in [5.41, 5.74) is -0.417. The van der Waals surface area contributed by atoms with E-state index in [1.165, 1.54) is 13.8 Å². The zero-order valence-electron chi connectivity index (χ0n) is 9.89. The zero-order chi connectivity index (χ0) is 11.8. The van der Waals surface area contributed by atoms with E-state index < -0.39 is 5.60 Å². The van der Waals surface area contributed by atoms with Crippen LogP contribution in [0.3, 0.4) is 0 Å². The van der Waals surface area contributed by atoms with Crippen molar-refractivity contribution >= 4 is 11.6 Å². The Balaban J connectivity index is 0. The van der Waals surface area contributed by atoms with Gasteiger partial charge in [-0.05, 0) is 33.6 Å². The molecule has 0 radical (unpaired) electrons. The molecule has 84 valence electrons. The molecule has 0 atom stereocenters. The predicted molar refractivity (Wildman–Crippen MR) is 57.2 cm³/mol. The SMILES string of the molecule is CC(=O)CC(C)=O.CCC(C)(O)CC. The molecular weight excluding hydrogens is 180 g/mol. The average molecular weight is 202 g/mol. The average Bonchev–Trinajstić information content (AvgIpc) is 2.03. The molecule has 0 aliphatic rings. The molecule has 14 heavy (non-hydrogen) atoms. The summed E-state index contributed by atoms with van der Waals surface area (Å²) in [6.07, 6.45) is 1.78. The van der Waals surface area contributed by atoms with Crippen LogP contribution in [0.4, 0.5) is 0 Å². The van der Waals surface area contributed by atoms with Gasteiger partial charge in [-0.15, -0.1) is 0 Å². The molecule has 3 nitrogen and oxygen atoms in total. The molecule has 0 spiro atoms. The van der Waals surface area contributed by atoms with E-state index in [1.54, 1.807) is 0 Å². The Morgan fingerprint density at radius 1 is 1.07 bits per heavy atom. The van der Waals surface area contributed by atoms with Crippen LogP contribution in [0, 0.1) is 0 Å². The van der Waals surface area contributed by atoms with Gasteiger partial charge in [0.15, 0.2) is 0 Å². The van der Waals surface area contributed by atoms with Gasteiger partial charge in [0.2, 0.25) is 0 Å². The van der Waals surface area contributed by atoms with E-state index in [2.05, 4.69) is 0 Å². The monoisotopic (exact) mass is 202 g/mol. The first-order valence-electron chi connectivity index (χ1n) is 4.96. The lowest BCUT2D eigenvalue weighted by Gasteiger charge is -2.17.